The lowest BCUT2D eigenvalue weighted by atomic mass is 9.98. The molecule has 252 valence electrons. The van der Waals surface area contributed by atoms with E-state index in [1.54, 1.807) is 0 Å². The van der Waals surface area contributed by atoms with Crippen LogP contribution in [-0.4, -0.2) is 33.3 Å². The number of benzene rings is 7. The summed E-state index contributed by atoms with van der Waals surface area (Å²) in [5.41, 5.74) is 10.5. The van der Waals surface area contributed by atoms with Crippen molar-refractivity contribution >= 4 is 66.2 Å². The number of aromatic nitrogens is 7. The number of fused-ring (bicyclic) bond motifs is 8. The van der Waals surface area contributed by atoms with Gasteiger partial charge in [-0.3, -0.25) is 0 Å². The van der Waals surface area contributed by atoms with Crippen LogP contribution in [0.5, 0.6) is 0 Å². The molecule has 0 aliphatic rings. The first kappa shape index (κ1) is 30.5. The zero-order chi connectivity index (χ0) is 35.6. The first-order valence-corrected chi connectivity index (χ1v) is 18.4. The van der Waals surface area contributed by atoms with E-state index >= 15 is 0 Å². The molecule has 0 N–H and O–H groups in total. The molecule has 0 radical (unpaired) electrons. The molecule has 0 saturated heterocycles. The minimum atomic E-state index is 0.569. The summed E-state index contributed by atoms with van der Waals surface area (Å²) in [6.07, 6.45) is 0. The van der Waals surface area contributed by atoms with Crippen molar-refractivity contribution in [3.8, 4) is 51.1 Å². The SMILES string of the molecule is c1ccc(-c2nc(-c3cccc(-n4c5ccccc5c5ccccc54)c3)nc(-c3ccc4c(c3)nc(-c3ccccc3)c3ccc5nsnc5c34)n2)cc1. The molecule has 0 atom stereocenters. The van der Waals surface area contributed by atoms with Crippen LogP contribution in [-0.2, 0) is 0 Å². The third-order valence-electron chi connectivity index (χ3n) is 10.1. The van der Waals surface area contributed by atoms with Crippen molar-refractivity contribution in [2.24, 2.45) is 0 Å². The molecule has 0 fully saturated rings. The van der Waals surface area contributed by atoms with Gasteiger partial charge in [0.1, 0.15) is 11.0 Å². The second-order valence-electron chi connectivity index (χ2n) is 13.3. The fourth-order valence-electron chi connectivity index (χ4n) is 7.63. The molecule has 7 nitrogen and oxygen atoms in total. The molecular weight excluding hydrogens is 683 g/mol. The molecule has 0 unspecified atom stereocenters. The van der Waals surface area contributed by atoms with Gasteiger partial charge in [0.15, 0.2) is 17.5 Å². The highest BCUT2D eigenvalue weighted by Crippen LogP contribution is 2.38. The molecule has 0 aliphatic carbocycles. The van der Waals surface area contributed by atoms with E-state index < -0.39 is 0 Å². The molecular formula is C46H27N7S. The average molecular weight is 710 g/mol. The van der Waals surface area contributed by atoms with Crippen LogP contribution in [0.15, 0.2) is 164 Å². The van der Waals surface area contributed by atoms with Gasteiger partial charge < -0.3 is 4.57 Å². The minimum Gasteiger partial charge on any atom is -0.309 e. The second kappa shape index (κ2) is 12.2. The van der Waals surface area contributed by atoms with Gasteiger partial charge in [-0.15, -0.1) is 0 Å². The van der Waals surface area contributed by atoms with Gasteiger partial charge in [0.25, 0.3) is 0 Å². The third-order valence-corrected chi connectivity index (χ3v) is 10.6. The lowest BCUT2D eigenvalue weighted by molar-refractivity contribution is 1.07. The number of para-hydroxylation sites is 2. The Morgan fingerprint density at radius 3 is 1.70 bits per heavy atom. The van der Waals surface area contributed by atoms with Gasteiger partial charge in [0.2, 0.25) is 0 Å². The number of hydrogen-bond donors (Lipinski definition) is 0. The average Bonchev–Trinajstić information content (AvgIpc) is 3.87. The van der Waals surface area contributed by atoms with E-state index in [0.717, 1.165) is 77.4 Å². The Labute approximate surface area is 313 Å². The molecule has 4 aromatic heterocycles. The molecule has 8 heteroatoms. The summed E-state index contributed by atoms with van der Waals surface area (Å²) in [4.78, 5) is 20.6. The van der Waals surface area contributed by atoms with Gasteiger partial charge in [-0.25, -0.2) is 19.9 Å². The predicted octanol–water partition coefficient (Wildman–Crippen LogP) is 11.3. The second-order valence-corrected chi connectivity index (χ2v) is 13.8. The van der Waals surface area contributed by atoms with Gasteiger partial charge >= 0.3 is 0 Å². The molecule has 0 bridgehead atoms. The number of rotatable bonds is 5. The Morgan fingerprint density at radius 2 is 0.981 bits per heavy atom. The van der Waals surface area contributed by atoms with Crippen LogP contribution in [0.1, 0.15) is 0 Å². The minimum absolute atomic E-state index is 0.569. The van der Waals surface area contributed by atoms with Crippen LogP contribution in [0.2, 0.25) is 0 Å². The molecule has 0 spiro atoms. The van der Waals surface area contributed by atoms with Gasteiger partial charge in [0, 0.05) is 54.9 Å². The van der Waals surface area contributed by atoms with E-state index in [9.17, 15) is 0 Å². The van der Waals surface area contributed by atoms with Crippen LogP contribution in [0.4, 0.5) is 0 Å². The summed E-state index contributed by atoms with van der Waals surface area (Å²) in [6.45, 7) is 0. The van der Waals surface area contributed by atoms with E-state index in [2.05, 4.69) is 118 Å². The summed E-state index contributed by atoms with van der Waals surface area (Å²) in [5.74, 6) is 1.76. The quantitative estimate of drug-likeness (QED) is 0.165. The van der Waals surface area contributed by atoms with Gasteiger partial charge in [-0.1, -0.05) is 121 Å². The van der Waals surface area contributed by atoms with Gasteiger partial charge in [-0.05, 0) is 42.5 Å². The maximum atomic E-state index is 5.28. The first-order chi connectivity index (χ1) is 26.8. The largest absolute Gasteiger partial charge is 0.309 e. The third kappa shape index (κ3) is 4.88. The van der Waals surface area contributed by atoms with E-state index in [1.807, 2.05) is 54.6 Å². The van der Waals surface area contributed by atoms with Crippen LogP contribution < -0.4 is 0 Å². The van der Waals surface area contributed by atoms with Crippen molar-refractivity contribution in [3.63, 3.8) is 0 Å². The van der Waals surface area contributed by atoms with Crippen LogP contribution in [0.3, 0.4) is 0 Å². The first-order valence-electron chi connectivity index (χ1n) is 17.7. The molecule has 0 amide bonds. The highest BCUT2D eigenvalue weighted by Gasteiger charge is 2.19. The van der Waals surface area contributed by atoms with Crippen LogP contribution in [0, 0.1) is 0 Å². The molecule has 11 rings (SSSR count). The summed E-state index contributed by atoms with van der Waals surface area (Å²) in [7, 11) is 0. The summed E-state index contributed by atoms with van der Waals surface area (Å²) >= 11 is 1.23. The Morgan fingerprint density at radius 1 is 0.389 bits per heavy atom. The molecule has 4 heterocycles. The van der Waals surface area contributed by atoms with Crippen LogP contribution >= 0.6 is 11.7 Å². The molecule has 0 saturated carbocycles. The number of nitrogens with zero attached hydrogens (tertiary/aromatic N) is 7. The zero-order valence-corrected chi connectivity index (χ0v) is 29.4. The topological polar surface area (TPSA) is 82.3 Å². The lowest BCUT2D eigenvalue weighted by Gasteiger charge is -2.13. The monoisotopic (exact) mass is 709 g/mol. The molecule has 11 aromatic rings. The van der Waals surface area contributed by atoms with Crippen molar-refractivity contribution in [2.45, 2.75) is 0 Å². The maximum absolute atomic E-state index is 5.28. The Kier molecular flexibility index (Phi) is 6.90. The smallest absolute Gasteiger partial charge is 0.164 e. The van der Waals surface area contributed by atoms with Gasteiger partial charge in [-0.2, -0.15) is 8.75 Å². The fraction of sp³-hybridized carbons (Fsp3) is 0. The summed E-state index contributed by atoms with van der Waals surface area (Å²) in [5, 5.41) is 5.51. The lowest BCUT2D eigenvalue weighted by Crippen LogP contribution is -2.01. The molecule has 54 heavy (non-hydrogen) atoms. The highest BCUT2D eigenvalue weighted by molar-refractivity contribution is 7.00. The van der Waals surface area contributed by atoms with Crippen molar-refractivity contribution < 1.29 is 0 Å². The van der Waals surface area contributed by atoms with Crippen molar-refractivity contribution in [1.29, 1.82) is 0 Å². The van der Waals surface area contributed by atoms with E-state index in [4.69, 9.17) is 24.3 Å². The van der Waals surface area contributed by atoms with E-state index in [1.165, 1.54) is 22.5 Å². The maximum Gasteiger partial charge on any atom is 0.164 e. The molecule has 0 aliphatic heterocycles. The summed E-state index contributed by atoms with van der Waals surface area (Å²) in [6, 6.07) is 56.3. The Hall–Kier alpha value is -7.16. The van der Waals surface area contributed by atoms with Gasteiger partial charge in [0.05, 0.1) is 34.0 Å². The van der Waals surface area contributed by atoms with Crippen molar-refractivity contribution in [1.82, 2.24) is 33.3 Å². The number of pyridine rings is 1. The summed E-state index contributed by atoms with van der Waals surface area (Å²) < 4.78 is 11.6. The fourth-order valence-corrected chi connectivity index (χ4v) is 8.17. The van der Waals surface area contributed by atoms with Crippen LogP contribution in [0.25, 0.3) is 106 Å². The highest BCUT2D eigenvalue weighted by atomic mass is 32.1. The molecule has 7 aromatic carbocycles. The predicted molar refractivity (Wildman–Crippen MR) is 220 cm³/mol. The number of hydrogen-bond acceptors (Lipinski definition) is 7. The Balaban J connectivity index is 1.12. The zero-order valence-electron chi connectivity index (χ0n) is 28.6. The normalized spacial score (nSPS) is 11.7. The Bertz CT molecular complexity index is 3170. The van der Waals surface area contributed by atoms with Crippen molar-refractivity contribution in [2.75, 3.05) is 0 Å². The standard InChI is InChI=1S/C46H27N7S/c1-3-12-28(13-4-1)42-36-24-25-37-43(52-54-51-37)41(36)35-23-22-31(27-38(35)47-42)46-49-44(29-14-5-2-6-15-29)48-45(50-46)30-16-11-17-32(26-30)53-39-20-9-7-18-33(39)34-19-8-10-21-40(34)53/h1-27H. The van der Waals surface area contributed by atoms with Crippen molar-refractivity contribution in [3.05, 3.63) is 164 Å². The van der Waals surface area contributed by atoms with E-state index in [0.29, 0.717) is 17.5 Å². The van der Waals surface area contributed by atoms with E-state index in [-0.39, 0.29) is 0 Å².